The highest BCUT2D eigenvalue weighted by molar-refractivity contribution is 6.32. The molecule has 1 atom stereocenters. The molecular weight excluding hydrogens is 296 g/mol. The van der Waals surface area contributed by atoms with Crippen molar-refractivity contribution in [1.82, 2.24) is 10.3 Å². The van der Waals surface area contributed by atoms with E-state index in [1.807, 2.05) is 0 Å². The van der Waals surface area contributed by atoms with Crippen molar-refractivity contribution in [3.8, 4) is 5.88 Å². The van der Waals surface area contributed by atoms with Crippen molar-refractivity contribution in [3.05, 3.63) is 22.8 Å². The summed E-state index contributed by atoms with van der Waals surface area (Å²) in [5, 5.41) is 11.9. The summed E-state index contributed by atoms with van der Waals surface area (Å²) in [7, 11) is 0. The molecule has 1 aromatic heterocycles. The fourth-order valence-corrected chi connectivity index (χ4v) is 2.16. The van der Waals surface area contributed by atoms with E-state index in [2.05, 4.69) is 10.3 Å². The van der Waals surface area contributed by atoms with Gasteiger partial charge in [0.15, 0.2) is 0 Å². The normalized spacial score (nSPS) is 15.3. The zero-order valence-electron chi connectivity index (χ0n) is 11.6. The van der Waals surface area contributed by atoms with Gasteiger partial charge in [0.25, 0.3) is 5.91 Å². The van der Waals surface area contributed by atoms with Crippen LogP contribution in [0, 0.1) is 5.92 Å². The first-order chi connectivity index (χ1) is 10.0. The number of aromatic nitrogens is 1. The van der Waals surface area contributed by atoms with Gasteiger partial charge >= 0.3 is 5.97 Å². The molecule has 21 heavy (non-hydrogen) atoms. The maximum atomic E-state index is 12.1. The number of hydrogen-bond acceptors (Lipinski definition) is 4. The second-order valence-corrected chi connectivity index (χ2v) is 5.39. The molecule has 1 aromatic rings. The van der Waals surface area contributed by atoms with Crippen LogP contribution in [-0.4, -0.2) is 34.6 Å². The molecule has 0 radical (unpaired) electrons. The average Bonchev–Trinajstić information content (AvgIpc) is 3.24. The van der Waals surface area contributed by atoms with Gasteiger partial charge < -0.3 is 15.2 Å². The summed E-state index contributed by atoms with van der Waals surface area (Å²) in [5.41, 5.74) is 0.213. The van der Waals surface area contributed by atoms with Gasteiger partial charge in [0.05, 0.1) is 12.2 Å². The van der Waals surface area contributed by atoms with E-state index in [1.165, 1.54) is 12.3 Å². The molecule has 0 spiro atoms. The Hall–Kier alpha value is -1.82. The zero-order chi connectivity index (χ0) is 15.4. The van der Waals surface area contributed by atoms with Gasteiger partial charge in [-0.15, -0.1) is 0 Å². The largest absolute Gasteiger partial charge is 0.480 e. The highest BCUT2D eigenvalue weighted by Crippen LogP contribution is 2.33. The van der Waals surface area contributed by atoms with E-state index in [1.54, 1.807) is 6.92 Å². The highest BCUT2D eigenvalue weighted by atomic mass is 35.5. The molecule has 114 valence electrons. The number of pyridine rings is 1. The number of amides is 1. The summed E-state index contributed by atoms with van der Waals surface area (Å²) in [4.78, 5) is 27.2. The standard InChI is InChI=1S/C14H17ClN2O4/c1-2-21-13-10(15)6-9(7-16-13)12(18)17-11(14(19)20)5-8-3-4-8/h6-8,11H,2-5H2,1H3,(H,17,18)(H,19,20). The Morgan fingerprint density at radius 3 is 2.81 bits per heavy atom. The van der Waals surface area contributed by atoms with Crippen LogP contribution < -0.4 is 10.1 Å². The Morgan fingerprint density at radius 1 is 1.57 bits per heavy atom. The van der Waals surface area contributed by atoms with Crippen LogP contribution in [0.2, 0.25) is 5.02 Å². The van der Waals surface area contributed by atoms with Crippen LogP contribution >= 0.6 is 11.6 Å². The number of hydrogen-bond donors (Lipinski definition) is 2. The predicted molar refractivity (Wildman–Crippen MR) is 76.6 cm³/mol. The fourth-order valence-electron chi connectivity index (χ4n) is 1.94. The first-order valence-electron chi connectivity index (χ1n) is 6.83. The molecule has 1 heterocycles. The van der Waals surface area contributed by atoms with Crippen LogP contribution in [0.1, 0.15) is 36.5 Å². The van der Waals surface area contributed by atoms with Crippen LogP contribution in [0.15, 0.2) is 12.3 Å². The van der Waals surface area contributed by atoms with Crippen LogP contribution in [-0.2, 0) is 4.79 Å². The molecule has 1 aliphatic rings. The van der Waals surface area contributed by atoms with Crippen LogP contribution in [0.25, 0.3) is 0 Å². The van der Waals surface area contributed by atoms with Gasteiger partial charge in [-0.2, -0.15) is 0 Å². The Balaban J connectivity index is 2.04. The molecule has 1 amide bonds. The maximum absolute atomic E-state index is 12.1. The van der Waals surface area contributed by atoms with E-state index in [-0.39, 0.29) is 16.5 Å². The Labute approximate surface area is 127 Å². The molecule has 0 aromatic carbocycles. The smallest absolute Gasteiger partial charge is 0.326 e. The lowest BCUT2D eigenvalue weighted by atomic mass is 10.1. The molecule has 1 aliphatic carbocycles. The third-order valence-corrected chi connectivity index (χ3v) is 3.49. The van der Waals surface area contributed by atoms with Crippen LogP contribution in [0.3, 0.4) is 0 Å². The SMILES string of the molecule is CCOc1ncc(C(=O)NC(CC2CC2)C(=O)O)cc1Cl. The lowest BCUT2D eigenvalue weighted by molar-refractivity contribution is -0.139. The Kier molecular flexibility index (Phi) is 5.01. The lowest BCUT2D eigenvalue weighted by Gasteiger charge is -2.14. The van der Waals surface area contributed by atoms with E-state index in [4.69, 9.17) is 21.4 Å². The number of halogens is 1. The van der Waals surface area contributed by atoms with Gasteiger partial charge in [0.2, 0.25) is 5.88 Å². The molecule has 2 N–H and O–H groups in total. The zero-order valence-corrected chi connectivity index (χ0v) is 12.4. The Bertz CT molecular complexity index is 546. The van der Waals surface area contributed by atoms with Crippen molar-refractivity contribution in [3.63, 3.8) is 0 Å². The molecule has 7 heteroatoms. The number of rotatable bonds is 7. The van der Waals surface area contributed by atoms with Gasteiger partial charge in [-0.25, -0.2) is 9.78 Å². The molecule has 0 aliphatic heterocycles. The van der Waals surface area contributed by atoms with E-state index in [9.17, 15) is 9.59 Å². The molecule has 1 saturated carbocycles. The predicted octanol–water partition coefficient (Wildman–Crippen LogP) is 2.12. The number of ether oxygens (including phenoxy) is 1. The third kappa shape index (κ3) is 4.32. The number of carbonyl (C=O) groups excluding carboxylic acids is 1. The van der Waals surface area contributed by atoms with Crippen LogP contribution in [0.5, 0.6) is 5.88 Å². The van der Waals surface area contributed by atoms with Crippen molar-refractivity contribution in [2.45, 2.75) is 32.2 Å². The second-order valence-electron chi connectivity index (χ2n) is 4.99. The number of aliphatic carboxylic acids is 1. The highest BCUT2D eigenvalue weighted by Gasteiger charge is 2.30. The molecule has 6 nitrogen and oxygen atoms in total. The van der Waals surface area contributed by atoms with Crippen molar-refractivity contribution < 1.29 is 19.4 Å². The topological polar surface area (TPSA) is 88.5 Å². The summed E-state index contributed by atoms with van der Waals surface area (Å²) in [6.07, 6.45) is 3.83. The number of nitrogens with zero attached hydrogens (tertiary/aromatic N) is 1. The molecule has 0 bridgehead atoms. The van der Waals surface area contributed by atoms with Gasteiger partial charge in [0.1, 0.15) is 11.1 Å². The fraction of sp³-hybridized carbons (Fsp3) is 0.500. The number of nitrogens with one attached hydrogen (secondary N) is 1. The number of carbonyl (C=O) groups is 2. The average molecular weight is 313 g/mol. The Morgan fingerprint density at radius 2 is 2.29 bits per heavy atom. The number of carboxylic acid groups (broad SMARTS) is 1. The summed E-state index contributed by atoms with van der Waals surface area (Å²) in [6, 6.07) is 0.542. The molecular formula is C14H17ClN2O4. The van der Waals surface area contributed by atoms with E-state index in [0.29, 0.717) is 18.9 Å². The molecule has 0 saturated heterocycles. The summed E-state index contributed by atoms with van der Waals surface area (Å²) in [5.74, 6) is -0.877. The van der Waals surface area contributed by atoms with E-state index < -0.39 is 17.9 Å². The van der Waals surface area contributed by atoms with Gasteiger partial charge in [0, 0.05) is 6.20 Å². The van der Waals surface area contributed by atoms with E-state index in [0.717, 1.165) is 12.8 Å². The van der Waals surface area contributed by atoms with Crippen molar-refractivity contribution in [2.75, 3.05) is 6.61 Å². The minimum atomic E-state index is -1.03. The summed E-state index contributed by atoms with van der Waals surface area (Å²) < 4.78 is 5.18. The lowest BCUT2D eigenvalue weighted by Crippen LogP contribution is -2.41. The monoisotopic (exact) mass is 312 g/mol. The molecule has 1 fully saturated rings. The van der Waals surface area contributed by atoms with Gasteiger partial charge in [-0.1, -0.05) is 24.4 Å². The minimum Gasteiger partial charge on any atom is -0.480 e. The molecule has 1 unspecified atom stereocenters. The van der Waals surface area contributed by atoms with E-state index >= 15 is 0 Å². The van der Waals surface area contributed by atoms with Gasteiger partial charge in [-0.3, -0.25) is 4.79 Å². The number of carboxylic acids is 1. The molecule has 2 rings (SSSR count). The maximum Gasteiger partial charge on any atom is 0.326 e. The first-order valence-corrected chi connectivity index (χ1v) is 7.21. The van der Waals surface area contributed by atoms with Crippen molar-refractivity contribution in [2.24, 2.45) is 5.92 Å². The minimum absolute atomic E-state index is 0.213. The van der Waals surface area contributed by atoms with Crippen LogP contribution in [0.4, 0.5) is 0 Å². The quantitative estimate of drug-likeness (QED) is 0.805. The summed E-state index contributed by atoms with van der Waals surface area (Å²) in [6.45, 7) is 2.22. The first kappa shape index (κ1) is 15.6. The van der Waals surface area contributed by atoms with Gasteiger partial charge in [-0.05, 0) is 25.3 Å². The summed E-state index contributed by atoms with van der Waals surface area (Å²) >= 11 is 5.96. The van der Waals surface area contributed by atoms with Crippen molar-refractivity contribution in [1.29, 1.82) is 0 Å². The second kappa shape index (κ2) is 6.76. The van der Waals surface area contributed by atoms with Crippen molar-refractivity contribution >= 4 is 23.5 Å². The third-order valence-electron chi connectivity index (χ3n) is 3.22.